The molecule has 1 atom stereocenters. The van der Waals surface area contributed by atoms with Crippen LogP contribution in [-0.4, -0.2) is 32.7 Å². The molecule has 0 N–H and O–H groups in total. The Morgan fingerprint density at radius 1 is 1.26 bits per heavy atom. The Morgan fingerprint density at radius 2 is 2.13 bits per heavy atom. The Morgan fingerprint density at radius 3 is 2.87 bits per heavy atom. The van der Waals surface area contributed by atoms with Crippen LogP contribution in [-0.2, 0) is 6.54 Å². The smallest absolute Gasteiger partial charge is 0.130 e. The predicted molar refractivity (Wildman–Crippen MR) is 124 cm³/mol. The molecule has 31 heavy (non-hydrogen) atoms. The molecule has 0 spiro atoms. The van der Waals surface area contributed by atoms with Gasteiger partial charge >= 0.3 is 0 Å². The molecule has 1 unspecified atom stereocenters. The lowest BCUT2D eigenvalue weighted by Gasteiger charge is -2.25. The van der Waals surface area contributed by atoms with E-state index in [1.807, 2.05) is 54.4 Å². The minimum Gasteiger partial charge on any atom is -0.356 e. The molecule has 2 heterocycles. The number of amidine groups is 1. The van der Waals surface area contributed by atoms with E-state index in [4.69, 9.17) is 16.6 Å². The van der Waals surface area contributed by atoms with Crippen LogP contribution in [0.2, 0.25) is 5.02 Å². The van der Waals surface area contributed by atoms with Crippen molar-refractivity contribution < 1.29 is 0 Å². The number of aliphatic imine (C=N–C) groups is 2. The van der Waals surface area contributed by atoms with Gasteiger partial charge < -0.3 is 9.47 Å². The minimum atomic E-state index is 0.331. The van der Waals surface area contributed by atoms with Gasteiger partial charge in [-0.2, -0.15) is 5.26 Å². The predicted octanol–water partition coefficient (Wildman–Crippen LogP) is 5.45. The highest BCUT2D eigenvalue weighted by Gasteiger charge is 2.16. The van der Waals surface area contributed by atoms with Crippen molar-refractivity contribution in [1.29, 1.82) is 5.26 Å². The molecule has 4 rings (SSSR count). The SMILES string of the molecule is Cc1cn(-c2ccc(N=C3CCC(C)N(Cc4cccc(Cl)c4)C=N3)cc2C#N)cn1. The summed E-state index contributed by atoms with van der Waals surface area (Å²) in [7, 11) is 0. The molecular formula is C24H23ClN6. The van der Waals surface area contributed by atoms with Crippen molar-refractivity contribution in [1.82, 2.24) is 14.5 Å². The monoisotopic (exact) mass is 430 g/mol. The fraction of sp³-hybridized carbons (Fsp3) is 0.250. The Hall–Kier alpha value is -3.43. The van der Waals surface area contributed by atoms with Crippen LogP contribution >= 0.6 is 11.6 Å². The number of nitrogens with zero attached hydrogens (tertiary/aromatic N) is 6. The molecule has 6 nitrogen and oxygen atoms in total. The first-order chi connectivity index (χ1) is 15.0. The number of aromatic nitrogens is 2. The molecular weight excluding hydrogens is 408 g/mol. The zero-order valence-corrected chi connectivity index (χ0v) is 18.3. The zero-order valence-electron chi connectivity index (χ0n) is 17.5. The van der Waals surface area contributed by atoms with Gasteiger partial charge in [-0.1, -0.05) is 23.7 Å². The van der Waals surface area contributed by atoms with Crippen molar-refractivity contribution >= 4 is 29.5 Å². The summed E-state index contributed by atoms with van der Waals surface area (Å²) < 4.78 is 1.85. The number of benzene rings is 2. The maximum atomic E-state index is 9.61. The van der Waals surface area contributed by atoms with E-state index >= 15 is 0 Å². The van der Waals surface area contributed by atoms with Crippen molar-refractivity contribution in [3.8, 4) is 11.8 Å². The van der Waals surface area contributed by atoms with Gasteiger partial charge in [-0.3, -0.25) is 0 Å². The van der Waals surface area contributed by atoms with Gasteiger partial charge in [0, 0.05) is 30.2 Å². The van der Waals surface area contributed by atoms with Gasteiger partial charge in [0.05, 0.1) is 35.3 Å². The fourth-order valence-electron chi connectivity index (χ4n) is 3.56. The Balaban J connectivity index is 1.55. The number of halogens is 1. The summed E-state index contributed by atoms with van der Waals surface area (Å²) in [5.74, 6) is 0.760. The lowest BCUT2D eigenvalue weighted by Crippen LogP contribution is -2.30. The molecule has 2 aromatic carbocycles. The molecule has 3 aromatic rings. The molecule has 0 bridgehead atoms. The summed E-state index contributed by atoms with van der Waals surface area (Å²) in [4.78, 5) is 15.8. The van der Waals surface area contributed by atoms with Gasteiger partial charge in [-0.05, 0) is 56.2 Å². The Labute approximate surface area is 187 Å². The second-order valence-corrected chi connectivity index (χ2v) is 8.13. The van der Waals surface area contributed by atoms with Crippen molar-refractivity contribution in [3.05, 3.63) is 76.8 Å². The van der Waals surface area contributed by atoms with E-state index in [9.17, 15) is 5.26 Å². The Kier molecular flexibility index (Phi) is 6.15. The lowest BCUT2D eigenvalue weighted by molar-refractivity contribution is 0.324. The lowest BCUT2D eigenvalue weighted by atomic mass is 10.1. The summed E-state index contributed by atoms with van der Waals surface area (Å²) in [5.41, 5.74) is 4.11. The van der Waals surface area contributed by atoms with Crippen LogP contribution in [0.1, 0.15) is 36.6 Å². The summed E-state index contributed by atoms with van der Waals surface area (Å²) in [6, 6.07) is 16.1. The van der Waals surface area contributed by atoms with E-state index < -0.39 is 0 Å². The van der Waals surface area contributed by atoms with Crippen LogP contribution in [0.15, 0.2) is 65.0 Å². The highest BCUT2D eigenvalue weighted by molar-refractivity contribution is 6.30. The zero-order chi connectivity index (χ0) is 21.8. The molecule has 7 heteroatoms. The first-order valence-corrected chi connectivity index (χ1v) is 10.6. The van der Waals surface area contributed by atoms with Crippen LogP contribution in [0, 0.1) is 18.3 Å². The fourth-order valence-corrected chi connectivity index (χ4v) is 3.77. The van der Waals surface area contributed by atoms with Crippen LogP contribution in [0.3, 0.4) is 0 Å². The quantitative estimate of drug-likeness (QED) is 0.552. The first-order valence-electron chi connectivity index (χ1n) is 10.2. The summed E-state index contributed by atoms with van der Waals surface area (Å²) in [5, 5.41) is 10.4. The van der Waals surface area contributed by atoms with E-state index in [2.05, 4.69) is 33.9 Å². The molecule has 1 aliphatic heterocycles. The maximum Gasteiger partial charge on any atom is 0.130 e. The van der Waals surface area contributed by atoms with E-state index in [1.165, 1.54) is 0 Å². The third kappa shape index (κ3) is 5.01. The van der Waals surface area contributed by atoms with Crippen molar-refractivity contribution in [2.45, 2.75) is 39.3 Å². The summed E-state index contributed by atoms with van der Waals surface area (Å²) in [6.07, 6.45) is 7.19. The molecule has 0 saturated heterocycles. The van der Waals surface area contributed by atoms with Crippen LogP contribution < -0.4 is 0 Å². The standard InChI is InChI=1S/C24H23ClN6/c1-17-13-31(15-27-17)23-8-7-22(11-20(23)12-26)29-24-9-6-18(2)30(16-28-24)14-19-4-3-5-21(25)10-19/h3-5,7-8,10-11,13,15-16,18H,6,9,14H2,1-2H3. The van der Waals surface area contributed by atoms with Gasteiger partial charge in [0.15, 0.2) is 0 Å². The number of imidazole rings is 1. The van der Waals surface area contributed by atoms with Crippen molar-refractivity contribution in [2.75, 3.05) is 0 Å². The third-order valence-electron chi connectivity index (χ3n) is 5.31. The average Bonchev–Trinajstić information content (AvgIpc) is 3.12. The molecule has 0 fully saturated rings. The number of hydrogen-bond acceptors (Lipinski definition) is 4. The normalized spacial score (nSPS) is 17.5. The second kappa shape index (κ2) is 9.15. The van der Waals surface area contributed by atoms with Gasteiger partial charge in [-0.15, -0.1) is 0 Å². The van der Waals surface area contributed by atoms with E-state index in [0.717, 1.165) is 52.9 Å². The molecule has 1 aromatic heterocycles. The minimum absolute atomic E-state index is 0.331. The van der Waals surface area contributed by atoms with Crippen molar-refractivity contribution in [2.24, 2.45) is 9.98 Å². The number of aryl methyl sites for hydroxylation is 1. The number of rotatable bonds is 4. The molecule has 0 amide bonds. The van der Waals surface area contributed by atoms with Crippen LogP contribution in [0.25, 0.3) is 5.69 Å². The summed E-state index contributed by atoms with van der Waals surface area (Å²) in [6.45, 7) is 4.86. The highest BCUT2D eigenvalue weighted by Crippen LogP contribution is 2.23. The topological polar surface area (TPSA) is 69.6 Å². The maximum absolute atomic E-state index is 9.61. The van der Waals surface area contributed by atoms with Gasteiger partial charge in [-0.25, -0.2) is 15.0 Å². The van der Waals surface area contributed by atoms with Gasteiger partial charge in [0.2, 0.25) is 0 Å². The molecule has 0 saturated carbocycles. The second-order valence-electron chi connectivity index (χ2n) is 7.70. The molecule has 0 radical (unpaired) electrons. The number of nitriles is 1. The summed E-state index contributed by atoms with van der Waals surface area (Å²) >= 11 is 6.12. The largest absolute Gasteiger partial charge is 0.356 e. The van der Waals surface area contributed by atoms with Crippen molar-refractivity contribution in [3.63, 3.8) is 0 Å². The molecule has 0 aliphatic carbocycles. The first kappa shape index (κ1) is 20.8. The highest BCUT2D eigenvalue weighted by atomic mass is 35.5. The van der Waals surface area contributed by atoms with Crippen LogP contribution in [0.5, 0.6) is 0 Å². The average molecular weight is 431 g/mol. The molecule has 156 valence electrons. The Bertz CT molecular complexity index is 1190. The van der Waals surface area contributed by atoms with E-state index in [0.29, 0.717) is 11.6 Å². The van der Waals surface area contributed by atoms with Gasteiger partial charge in [0.25, 0.3) is 0 Å². The van der Waals surface area contributed by atoms with E-state index in [1.54, 1.807) is 12.4 Å². The van der Waals surface area contributed by atoms with Crippen LogP contribution in [0.4, 0.5) is 5.69 Å². The van der Waals surface area contributed by atoms with E-state index in [-0.39, 0.29) is 0 Å². The van der Waals surface area contributed by atoms with Gasteiger partial charge in [0.1, 0.15) is 11.9 Å². The third-order valence-corrected chi connectivity index (χ3v) is 5.54. The molecule has 1 aliphatic rings. The number of hydrogen-bond donors (Lipinski definition) is 0.